The van der Waals surface area contributed by atoms with Gasteiger partial charge >= 0.3 is 0 Å². The second-order valence-corrected chi connectivity index (χ2v) is 16.4. The average molecular weight is 764 g/mol. The van der Waals surface area contributed by atoms with Gasteiger partial charge in [-0.15, -0.1) is 22.7 Å². The minimum atomic E-state index is 0.569. The standard InChI is InChI=1S/C51H29N3OS2/c1-3-14-30(15-4-1)49-52-50(31-16-5-2-6-17-31)54-51(53-49)39-23-11-22-38-44-32(20-12-24-40(44)55-47(38)39)34-28-29-35(48-46(34)37-19-8-10-26-42(37)57-48)33-21-13-27-43-45(33)36-18-7-9-25-41(36)56-43/h1-29H. The van der Waals surface area contributed by atoms with Crippen LogP contribution in [0.4, 0.5) is 0 Å². The molecule has 12 rings (SSSR count). The molecule has 266 valence electrons. The van der Waals surface area contributed by atoms with E-state index in [-0.39, 0.29) is 0 Å². The average Bonchev–Trinajstić information content (AvgIpc) is 3.98. The van der Waals surface area contributed by atoms with E-state index in [1.807, 2.05) is 83.3 Å². The number of para-hydroxylation sites is 1. The van der Waals surface area contributed by atoms with Crippen LogP contribution in [0.3, 0.4) is 0 Å². The second-order valence-electron chi connectivity index (χ2n) is 14.2. The molecule has 0 bridgehead atoms. The molecule has 6 heteroatoms. The molecule has 0 unspecified atom stereocenters. The first kappa shape index (κ1) is 32.3. The third-order valence-corrected chi connectivity index (χ3v) is 13.3. The molecule has 0 amide bonds. The van der Waals surface area contributed by atoms with Crippen molar-refractivity contribution in [2.24, 2.45) is 0 Å². The van der Waals surface area contributed by atoms with E-state index in [0.717, 1.165) is 44.2 Å². The van der Waals surface area contributed by atoms with E-state index in [1.54, 1.807) is 0 Å². The molecule has 0 atom stereocenters. The minimum absolute atomic E-state index is 0.569. The summed E-state index contributed by atoms with van der Waals surface area (Å²) in [6, 6.07) is 61.9. The van der Waals surface area contributed by atoms with Crippen LogP contribution >= 0.6 is 22.7 Å². The molecule has 0 saturated heterocycles. The first-order valence-electron chi connectivity index (χ1n) is 18.9. The molecular weight excluding hydrogens is 735 g/mol. The summed E-state index contributed by atoms with van der Waals surface area (Å²) in [6.45, 7) is 0. The summed E-state index contributed by atoms with van der Waals surface area (Å²) in [5.41, 5.74) is 9.10. The zero-order valence-electron chi connectivity index (χ0n) is 30.3. The number of hydrogen-bond donors (Lipinski definition) is 0. The fourth-order valence-electron chi connectivity index (χ4n) is 8.44. The number of thiophene rings is 2. The molecule has 0 aliphatic rings. The van der Waals surface area contributed by atoms with Gasteiger partial charge in [-0.2, -0.15) is 0 Å². The van der Waals surface area contributed by atoms with Gasteiger partial charge in [0.05, 0.1) is 5.56 Å². The molecule has 0 N–H and O–H groups in total. The number of fused-ring (bicyclic) bond motifs is 9. The largest absolute Gasteiger partial charge is 0.455 e. The van der Waals surface area contributed by atoms with E-state index < -0.39 is 0 Å². The molecule has 8 aromatic carbocycles. The van der Waals surface area contributed by atoms with Crippen molar-refractivity contribution in [1.29, 1.82) is 0 Å². The highest BCUT2D eigenvalue weighted by Crippen LogP contribution is 2.50. The molecule has 0 aliphatic carbocycles. The van der Waals surface area contributed by atoms with Gasteiger partial charge in [0.2, 0.25) is 0 Å². The Labute approximate surface area is 335 Å². The molecule has 0 aliphatic heterocycles. The van der Waals surface area contributed by atoms with Crippen LogP contribution in [0.15, 0.2) is 180 Å². The molecule has 12 aromatic rings. The van der Waals surface area contributed by atoms with Crippen molar-refractivity contribution in [3.63, 3.8) is 0 Å². The lowest BCUT2D eigenvalue weighted by Crippen LogP contribution is -2.00. The summed E-state index contributed by atoms with van der Waals surface area (Å²) in [5, 5.41) is 7.25. The highest BCUT2D eigenvalue weighted by atomic mass is 32.1. The number of hydrogen-bond acceptors (Lipinski definition) is 6. The van der Waals surface area contributed by atoms with E-state index in [9.17, 15) is 0 Å². The monoisotopic (exact) mass is 763 g/mol. The van der Waals surface area contributed by atoms with Gasteiger partial charge < -0.3 is 4.42 Å². The Hall–Kier alpha value is -6.99. The Morgan fingerprint density at radius 2 is 0.842 bits per heavy atom. The van der Waals surface area contributed by atoms with Crippen LogP contribution in [0.1, 0.15) is 0 Å². The van der Waals surface area contributed by atoms with Crippen molar-refractivity contribution in [3.8, 4) is 56.4 Å². The smallest absolute Gasteiger partial charge is 0.167 e. The van der Waals surface area contributed by atoms with Gasteiger partial charge in [-0.25, -0.2) is 15.0 Å². The maximum Gasteiger partial charge on any atom is 0.167 e. The fourth-order valence-corrected chi connectivity index (χ4v) is 10.8. The first-order valence-corrected chi connectivity index (χ1v) is 20.6. The van der Waals surface area contributed by atoms with Gasteiger partial charge in [-0.05, 0) is 47.0 Å². The van der Waals surface area contributed by atoms with E-state index in [1.165, 1.54) is 57.0 Å². The van der Waals surface area contributed by atoms with E-state index in [4.69, 9.17) is 19.4 Å². The van der Waals surface area contributed by atoms with Gasteiger partial charge in [0.25, 0.3) is 0 Å². The lowest BCUT2D eigenvalue weighted by Gasteiger charge is -2.12. The number of rotatable bonds is 5. The molecule has 57 heavy (non-hydrogen) atoms. The highest BCUT2D eigenvalue weighted by molar-refractivity contribution is 7.27. The van der Waals surface area contributed by atoms with Crippen molar-refractivity contribution in [2.75, 3.05) is 0 Å². The summed E-state index contributed by atoms with van der Waals surface area (Å²) in [4.78, 5) is 15.1. The maximum absolute atomic E-state index is 6.85. The molecule has 0 spiro atoms. The molecule has 0 saturated carbocycles. The van der Waals surface area contributed by atoms with Gasteiger partial charge in [0.1, 0.15) is 11.2 Å². The molecule has 4 aromatic heterocycles. The lowest BCUT2D eigenvalue weighted by molar-refractivity contribution is 0.669. The summed E-state index contributed by atoms with van der Waals surface area (Å²) >= 11 is 3.74. The third-order valence-electron chi connectivity index (χ3n) is 11.0. The van der Waals surface area contributed by atoms with Crippen LogP contribution in [0.25, 0.3) is 119 Å². The number of furan rings is 1. The topological polar surface area (TPSA) is 51.8 Å². The van der Waals surface area contributed by atoms with Gasteiger partial charge in [0.15, 0.2) is 17.5 Å². The maximum atomic E-state index is 6.85. The van der Waals surface area contributed by atoms with Crippen LogP contribution in [-0.4, -0.2) is 15.0 Å². The van der Waals surface area contributed by atoms with Crippen LogP contribution in [0, 0.1) is 0 Å². The van der Waals surface area contributed by atoms with Gasteiger partial charge in [-0.1, -0.05) is 146 Å². The number of benzene rings is 8. The van der Waals surface area contributed by atoms with Crippen LogP contribution in [0.5, 0.6) is 0 Å². The van der Waals surface area contributed by atoms with Crippen LogP contribution in [0.2, 0.25) is 0 Å². The highest BCUT2D eigenvalue weighted by Gasteiger charge is 2.23. The summed E-state index contributed by atoms with van der Waals surface area (Å²) in [6.07, 6.45) is 0. The first-order chi connectivity index (χ1) is 28.3. The van der Waals surface area contributed by atoms with Crippen LogP contribution in [-0.2, 0) is 0 Å². The quantitative estimate of drug-likeness (QED) is 0.175. The zero-order valence-corrected chi connectivity index (χ0v) is 31.9. The van der Waals surface area contributed by atoms with E-state index >= 15 is 0 Å². The van der Waals surface area contributed by atoms with E-state index in [2.05, 4.69) is 115 Å². The van der Waals surface area contributed by atoms with Crippen molar-refractivity contribution in [1.82, 2.24) is 15.0 Å². The Morgan fingerprint density at radius 1 is 0.333 bits per heavy atom. The summed E-state index contributed by atoms with van der Waals surface area (Å²) in [7, 11) is 0. The SMILES string of the molecule is c1ccc(-c2nc(-c3ccccc3)nc(-c3cccc4c3oc3cccc(-c5ccc(-c6cccc7sc8ccccc8c67)c6sc7ccccc7c56)c34)n2)cc1. The van der Waals surface area contributed by atoms with Crippen molar-refractivity contribution in [2.45, 2.75) is 0 Å². The zero-order chi connectivity index (χ0) is 37.5. The molecule has 4 heterocycles. The normalized spacial score (nSPS) is 11.9. The Balaban J connectivity index is 1.10. The second kappa shape index (κ2) is 12.8. The van der Waals surface area contributed by atoms with Gasteiger partial charge in [-0.3, -0.25) is 0 Å². The predicted octanol–water partition coefficient (Wildman–Crippen LogP) is 14.8. The Bertz CT molecular complexity index is 3470. The van der Waals surface area contributed by atoms with Crippen molar-refractivity contribution >= 4 is 85.0 Å². The Morgan fingerprint density at radius 3 is 1.58 bits per heavy atom. The van der Waals surface area contributed by atoms with Gasteiger partial charge in [0, 0.05) is 67.8 Å². The summed E-state index contributed by atoms with van der Waals surface area (Å²) in [5.74, 6) is 1.80. The molecule has 4 nitrogen and oxygen atoms in total. The van der Waals surface area contributed by atoms with Crippen molar-refractivity contribution in [3.05, 3.63) is 176 Å². The number of nitrogens with zero attached hydrogens (tertiary/aromatic N) is 3. The minimum Gasteiger partial charge on any atom is -0.455 e. The third kappa shape index (κ3) is 5.08. The molecule has 0 fully saturated rings. The summed E-state index contributed by atoms with van der Waals surface area (Å²) < 4.78 is 12.0. The fraction of sp³-hybridized carbons (Fsp3) is 0. The Kier molecular flexibility index (Phi) is 7.24. The van der Waals surface area contributed by atoms with E-state index in [0.29, 0.717) is 17.5 Å². The predicted molar refractivity (Wildman–Crippen MR) is 240 cm³/mol. The molecule has 0 radical (unpaired) electrons. The molecular formula is C51H29N3OS2. The lowest BCUT2D eigenvalue weighted by atomic mass is 9.91. The van der Waals surface area contributed by atoms with Crippen LogP contribution < -0.4 is 0 Å². The number of aromatic nitrogens is 3. The van der Waals surface area contributed by atoms with Crippen molar-refractivity contribution < 1.29 is 4.42 Å².